The number of carbonyl (C=O) groups is 2. The monoisotopic (exact) mass is 646 g/mol. The summed E-state index contributed by atoms with van der Waals surface area (Å²) < 4.78 is 0. The molecule has 2 bridgehead atoms. The van der Waals surface area contributed by atoms with Crippen molar-refractivity contribution in [3.63, 3.8) is 0 Å². The normalized spacial score (nSPS) is 31.1. The van der Waals surface area contributed by atoms with Crippen molar-refractivity contribution < 1.29 is 24.6 Å². The molecule has 47 heavy (non-hydrogen) atoms. The molecule has 4 N–H and O–H groups in total. The molecule has 2 aliphatic heterocycles. The lowest BCUT2D eigenvalue weighted by atomic mass is 9.45. The van der Waals surface area contributed by atoms with Gasteiger partial charge in [0.25, 0.3) is 5.91 Å². The van der Waals surface area contributed by atoms with Crippen LogP contribution in [0.25, 0.3) is 11.1 Å². The van der Waals surface area contributed by atoms with Gasteiger partial charge in [0, 0.05) is 30.6 Å². The van der Waals surface area contributed by atoms with Crippen LogP contribution >= 0.6 is 0 Å². The summed E-state index contributed by atoms with van der Waals surface area (Å²) in [6, 6.07) is 15.0. The van der Waals surface area contributed by atoms with E-state index in [2.05, 4.69) is 36.3 Å². The zero-order valence-corrected chi connectivity index (χ0v) is 28.5. The first-order chi connectivity index (χ1) is 22.6. The molecular formula is C38H54N4O5. The molecule has 3 aliphatic carbocycles. The van der Waals surface area contributed by atoms with Crippen molar-refractivity contribution in [2.24, 2.45) is 29.1 Å². The number of hydrogen-bond donors (Lipinski definition) is 4. The van der Waals surface area contributed by atoms with E-state index >= 15 is 0 Å². The van der Waals surface area contributed by atoms with Crippen molar-refractivity contribution >= 4 is 11.8 Å². The van der Waals surface area contributed by atoms with E-state index in [1.54, 1.807) is 12.0 Å². The minimum Gasteiger partial charge on any atom is -0.394 e. The Hall–Kier alpha value is -2.82. The van der Waals surface area contributed by atoms with E-state index in [4.69, 9.17) is 4.84 Å². The predicted octanol–water partition coefficient (Wildman–Crippen LogP) is 4.23. The van der Waals surface area contributed by atoms with Crippen molar-refractivity contribution in [2.45, 2.75) is 90.6 Å². The minimum atomic E-state index is -0.843. The average molecular weight is 647 g/mol. The molecule has 3 saturated carbocycles. The van der Waals surface area contributed by atoms with E-state index in [1.807, 2.05) is 48.5 Å². The fourth-order valence-corrected chi connectivity index (χ4v) is 8.97. The third-order valence-corrected chi connectivity index (χ3v) is 11.9. The SMILES string of the molecule is C[C@@H]1[C@@H](NC(=O)[C@@H]2[C@H]([C@H](C)O)[C@H](CO)ON2Cc2cccc(-c3cccc(C(=O)NCCN4CCCCC4)c3)c2)C[C@@H]2C[C@H]1C2(C)C. The Balaban J connectivity index is 1.14. The van der Waals surface area contributed by atoms with E-state index in [0.29, 0.717) is 41.8 Å². The molecule has 7 rings (SSSR count). The molecule has 0 spiro atoms. The third-order valence-electron chi connectivity index (χ3n) is 11.9. The molecule has 9 nitrogen and oxygen atoms in total. The Morgan fingerprint density at radius 3 is 2.45 bits per heavy atom. The number of hydroxylamine groups is 2. The number of carbonyl (C=O) groups excluding carboxylic acids is 2. The van der Waals surface area contributed by atoms with Gasteiger partial charge in [-0.25, -0.2) is 0 Å². The summed E-state index contributed by atoms with van der Waals surface area (Å²) in [4.78, 5) is 35.6. The van der Waals surface area contributed by atoms with Crippen molar-refractivity contribution in [2.75, 3.05) is 32.8 Å². The molecule has 2 aromatic carbocycles. The molecule has 0 aromatic heterocycles. The minimum absolute atomic E-state index is 0.0771. The van der Waals surface area contributed by atoms with Gasteiger partial charge in [0.05, 0.1) is 19.3 Å². The summed E-state index contributed by atoms with van der Waals surface area (Å²) in [5.41, 5.74) is 3.74. The van der Waals surface area contributed by atoms with Crippen LogP contribution in [0.5, 0.6) is 0 Å². The number of piperidine rings is 1. The summed E-state index contributed by atoms with van der Waals surface area (Å²) in [6.45, 7) is 12.3. The molecule has 2 saturated heterocycles. The molecule has 5 fully saturated rings. The molecule has 2 amide bonds. The van der Waals surface area contributed by atoms with Crippen LogP contribution in [-0.4, -0.2) is 89.1 Å². The highest BCUT2D eigenvalue weighted by molar-refractivity contribution is 5.95. The highest BCUT2D eigenvalue weighted by atomic mass is 16.7. The van der Waals surface area contributed by atoms with Gasteiger partial charge in [0.1, 0.15) is 12.1 Å². The summed E-state index contributed by atoms with van der Waals surface area (Å²) in [6.07, 6.45) is 4.42. The van der Waals surface area contributed by atoms with Crippen LogP contribution in [-0.2, 0) is 16.2 Å². The number of amides is 2. The van der Waals surface area contributed by atoms with Gasteiger partial charge in [-0.2, -0.15) is 5.06 Å². The van der Waals surface area contributed by atoms with E-state index in [-0.39, 0.29) is 24.5 Å². The van der Waals surface area contributed by atoms with Gasteiger partial charge < -0.3 is 25.7 Å². The highest BCUT2D eigenvalue weighted by Gasteiger charge is 2.57. The van der Waals surface area contributed by atoms with Crippen LogP contribution in [0.15, 0.2) is 48.5 Å². The van der Waals surface area contributed by atoms with Gasteiger partial charge in [-0.1, -0.05) is 57.5 Å². The quantitative estimate of drug-likeness (QED) is 0.289. The van der Waals surface area contributed by atoms with Gasteiger partial charge >= 0.3 is 0 Å². The third kappa shape index (κ3) is 7.15. The Kier molecular flexibility index (Phi) is 10.4. The number of nitrogens with zero attached hydrogens (tertiary/aromatic N) is 2. The molecule has 9 heteroatoms. The van der Waals surface area contributed by atoms with Crippen LogP contribution in [0.1, 0.15) is 75.7 Å². The summed E-state index contributed by atoms with van der Waals surface area (Å²) in [7, 11) is 0. The van der Waals surface area contributed by atoms with E-state index < -0.39 is 24.2 Å². The van der Waals surface area contributed by atoms with Crippen molar-refractivity contribution in [1.29, 1.82) is 0 Å². The zero-order chi connectivity index (χ0) is 33.3. The fourth-order valence-electron chi connectivity index (χ4n) is 8.97. The van der Waals surface area contributed by atoms with Crippen molar-refractivity contribution in [3.05, 3.63) is 59.7 Å². The summed E-state index contributed by atoms with van der Waals surface area (Å²) >= 11 is 0. The second-order valence-electron chi connectivity index (χ2n) is 15.2. The van der Waals surface area contributed by atoms with Gasteiger partial charge in [0.2, 0.25) is 5.91 Å². The first-order valence-electron chi connectivity index (χ1n) is 17.8. The van der Waals surface area contributed by atoms with E-state index in [9.17, 15) is 19.8 Å². The molecule has 8 atom stereocenters. The number of rotatable bonds is 11. The van der Waals surface area contributed by atoms with Crippen LogP contribution < -0.4 is 10.6 Å². The maximum Gasteiger partial charge on any atom is 0.251 e. The van der Waals surface area contributed by atoms with Crippen LogP contribution in [0.2, 0.25) is 0 Å². The number of likely N-dealkylation sites (tertiary alicyclic amines) is 1. The zero-order valence-electron chi connectivity index (χ0n) is 28.5. The lowest BCUT2D eigenvalue weighted by Gasteiger charge is -2.62. The summed E-state index contributed by atoms with van der Waals surface area (Å²) in [5.74, 6) is 0.766. The lowest BCUT2D eigenvalue weighted by Crippen LogP contribution is -2.62. The van der Waals surface area contributed by atoms with Crippen LogP contribution in [0, 0.1) is 29.1 Å². The van der Waals surface area contributed by atoms with E-state index in [1.165, 1.54) is 25.7 Å². The molecule has 256 valence electrons. The largest absolute Gasteiger partial charge is 0.394 e. The predicted molar refractivity (Wildman–Crippen MR) is 182 cm³/mol. The summed E-state index contributed by atoms with van der Waals surface area (Å²) in [5, 5.41) is 29.0. The van der Waals surface area contributed by atoms with Gasteiger partial charge in [-0.05, 0) is 104 Å². The molecule has 5 aliphatic rings. The van der Waals surface area contributed by atoms with E-state index in [0.717, 1.165) is 42.7 Å². The van der Waals surface area contributed by atoms with Crippen LogP contribution in [0.4, 0.5) is 0 Å². The first kappa shape index (κ1) is 34.1. The number of aliphatic hydroxyl groups is 2. The molecule has 0 radical (unpaired) electrons. The number of hydrogen-bond acceptors (Lipinski definition) is 7. The molecule has 0 unspecified atom stereocenters. The standard InChI is InChI=1S/C38H54N4O5/c1-24-31-20-30(38(31,3)4)21-32(24)40-37(46)35-34(25(2)44)33(23-43)47-42(35)22-26-10-8-11-27(18-26)28-12-9-13-29(19-28)36(45)39-14-17-41-15-6-5-7-16-41/h8-13,18-19,24-25,30-35,43-44H,5-7,14-17,20-23H2,1-4H3,(H,39,45)(H,40,46)/t24-,25-,30-,31+,32-,33-,34+,35-/m0/s1. The highest BCUT2D eigenvalue weighted by Crippen LogP contribution is 2.61. The topological polar surface area (TPSA) is 114 Å². The first-order valence-corrected chi connectivity index (χ1v) is 17.8. The molecule has 2 aromatic rings. The number of fused-ring (bicyclic) bond motifs is 2. The molecular weight excluding hydrogens is 592 g/mol. The smallest absolute Gasteiger partial charge is 0.251 e. The number of nitrogens with one attached hydrogen (secondary N) is 2. The number of benzene rings is 2. The lowest BCUT2D eigenvalue weighted by molar-refractivity contribution is -0.183. The second kappa shape index (κ2) is 14.3. The van der Waals surface area contributed by atoms with Gasteiger partial charge in [0.15, 0.2) is 0 Å². The Labute approximate surface area is 280 Å². The Morgan fingerprint density at radius 1 is 1.04 bits per heavy atom. The maximum absolute atomic E-state index is 14.0. The van der Waals surface area contributed by atoms with Gasteiger partial charge in [-0.15, -0.1) is 0 Å². The van der Waals surface area contributed by atoms with Gasteiger partial charge in [-0.3, -0.25) is 14.4 Å². The molecule has 2 heterocycles. The van der Waals surface area contributed by atoms with Crippen molar-refractivity contribution in [1.82, 2.24) is 20.6 Å². The van der Waals surface area contributed by atoms with Crippen LogP contribution in [0.3, 0.4) is 0 Å². The maximum atomic E-state index is 14.0. The van der Waals surface area contributed by atoms with Crippen molar-refractivity contribution in [3.8, 4) is 11.1 Å². The Bertz CT molecular complexity index is 1410. The fraction of sp³-hybridized carbons (Fsp3) is 0.632. The average Bonchev–Trinajstić information content (AvgIpc) is 3.44. The second-order valence-corrected chi connectivity index (χ2v) is 15.2. The number of aliphatic hydroxyl groups excluding tert-OH is 2. The Morgan fingerprint density at radius 2 is 1.77 bits per heavy atom.